The molecule has 3 aromatic rings. The van der Waals surface area contributed by atoms with E-state index < -0.39 is 4.92 Å². The van der Waals surface area contributed by atoms with E-state index in [0.29, 0.717) is 35.4 Å². The highest BCUT2D eigenvalue weighted by Crippen LogP contribution is 2.22. The lowest BCUT2D eigenvalue weighted by molar-refractivity contribution is -0.384. The van der Waals surface area contributed by atoms with Gasteiger partial charge in [0.15, 0.2) is 0 Å². The van der Waals surface area contributed by atoms with E-state index in [4.69, 9.17) is 16.1 Å². The zero-order chi connectivity index (χ0) is 18.5. The number of benzene rings is 2. The lowest BCUT2D eigenvalue weighted by atomic mass is 10.2. The predicted octanol–water partition coefficient (Wildman–Crippen LogP) is 4.32. The zero-order valence-corrected chi connectivity index (χ0v) is 14.9. The first-order valence-corrected chi connectivity index (χ1v) is 8.47. The molecule has 0 saturated heterocycles. The summed E-state index contributed by atoms with van der Waals surface area (Å²) in [7, 11) is 0. The molecule has 0 atom stereocenters. The molecule has 0 fully saturated rings. The average molecular weight is 373 g/mol. The minimum Gasteiger partial charge on any atom is -0.338 e. The van der Waals surface area contributed by atoms with Gasteiger partial charge in [-0.3, -0.25) is 15.0 Å². The van der Waals surface area contributed by atoms with Gasteiger partial charge in [0.25, 0.3) is 5.69 Å². The minimum atomic E-state index is -0.450. The molecule has 26 heavy (non-hydrogen) atoms. The summed E-state index contributed by atoms with van der Waals surface area (Å²) in [6.45, 7) is 4.01. The van der Waals surface area contributed by atoms with Crippen LogP contribution in [0.4, 0.5) is 5.69 Å². The fraction of sp³-hybridized carbons (Fsp3) is 0.222. The summed E-state index contributed by atoms with van der Waals surface area (Å²) in [5, 5.41) is 15.5. The van der Waals surface area contributed by atoms with Gasteiger partial charge in [0, 0.05) is 29.3 Å². The molecule has 0 aliphatic rings. The van der Waals surface area contributed by atoms with Gasteiger partial charge in [-0.15, -0.1) is 0 Å². The molecule has 0 spiro atoms. The Morgan fingerprint density at radius 1 is 1.19 bits per heavy atom. The van der Waals surface area contributed by atoms with Crippen LogP contribution in [0, 0.1) is 10.1 Å². The highest BCUT2D eigenvalue weighted by atomic mass is 35.5. The Morgan fingerprint density at radius 2 is 2.00 bits per heavy atom. The number of nitro groups is 1. The summed E-state index contributed by atoms with van der Waals surface area (Å²) in [6.07, 6.45) is 0. The third kappa shape index (κ3) is 4.44. The van der Waals surface area contributed by atoms with Crippen molar-refractivity contribution in [1.29, 1.82) is 0 Å². The van der Waals surface area contributed by atoms with Crippen molar-refractivity contribution in [3.05, 3.63) is 75.1 Å². The van der Waals surface area contributed by atoms with E-state index >= 15 is 0 Å². The molecule has 1 heterocycles. The highest BCUT2D eigenvalue weighted by molar-refractivity contribution is 6.30. The Balaban J connectivity index is 1.72. The van der Waals surface area contributed by atoms with Gasteiger partial charge < -0.3 is 4.52 Å². The maximum atomic E-state index is 10.9. The number of hydrogen-bond donors (Lipinski definition) is 0. The normalized spacial score (nSPS) is 11.0. The second-order valence-electron chi connectivity index (χ2n) is 5.75. The molecule has 7 nitrogen and oxygen atoms in total. The van der Waals surface area contributed by atoms with E-state index in [-0.39, 0.29) is 5.69 Å². The van der Waals surface area contributed by atoms with Crippen molar-refractivity contribution in [2.75, 3.05) is 6.54 Å². The van der Waals surface area contributed by atoms with Crippen molar-refractivity contribution < 1.29 is 9.45 Å². The summed E-state index contributed by atoms with van der Waals surface area (Å²) in [6, 6.07) is 13.9. The smallest absolute Gasteiger partial charge is 0.270 e. The van der Waals surface area contributed by atoms with E-state index in [0.717, 1.165) is 12.1 Å². The van der Waals surface area contributed by atoms with Crippen LogP contribution in [0.2, 0.25) is 5.02 Å². The minimum absolute atomic E-state index is 0.00927. The van der Waals surface area contributed by atoms with Gasteiger partial charge in [-0.25, -0.2) is 0 Å². The molecule has 0 unspecified atom stereocenters. The Kier molecular flexibility index (Phi) is 5.60. The monoisotopic (exact) mass is 372 g/mol. The first kappa shape index (κ1) is 18.0. The number of halogens is 1. The highest BCUT2D eigenvalue weighted by Gasteiger charge is 2.15. The molecule has 1 aromatic heterocycles. The van der Waals surface area contributed by atoms with Crippen LogP contribution in [0.15, 0.2) is 53.1 Å². The van der Waals surface area contributed by atoms with Gasteiger partial charge in [0.1, 0.15) is 0 Å². The molecule has 0 N–H and O–H groups in total. The number of hydrogen-bond acceptors (Lipinski definition) is 6. The zero-order valence-electron chi connectivity index (χ0n) is 14.1. The number of nitro benzene ring substituents is 1. The van der Waals surface area contributed by atoms with E-state index in [9.17, 15) is 10.1 Å². The van der Waals surface area contributed by atoms with Crippen molar-refractivity contribution >= 4 is 17.3 Å². The molecule has 0 radical (unpaired) electrons. The van der Waals surface area contributed by atoms with Crippen molar-refractivity contribution in [2.45, 2.75) is 20.0 Å². The average Bonchev–Trinajstić information content (AvgIpc) is 3.10. The molecular weight excluding hydrogens is 356 g/mol. The summed E-state index contributed by atoms with van der Waals surface area (Å²) in [5.41, 5.74) is 1.63. The van der Waals surface area contributed by atoms with Crippen LogP contribution >= 0.6 is 11.6 Å². The lowest BCUT2D eigenvalue weighted by Gasteiger charge is -2.18. The topological polar surface area (TPSA) is 85.3 Å². The van der Waals surface area contributed by atoms with Crippen molar-refractivity contribution in [3.63, 3.8) is 0 Å². The maximum absolute atomic E-state index is 10.9. The summed E-state index contributed by atoms with van der Waals surface area (Å²) in [5.74, 6) is 0.790. The standard InChI is InChI=1S/C18H17ClN4O3/c1-2-22(11-13-5-3-7-15(19)9-13)12-17-20-18(21-26-17)14-6-4-8-16(10-14)23(24)25/h3-10H,2,11-12H2,1H3. The van der Waals surface area contributed by atoms with E-state index in [1.807, 2.05) is 31.2 Å². The molecule has 0 amide bonds. The fourth-order valence-corrected chi connectivity index (χ4v) is 2.77. The molecule has 8 heteroatoms. The third-order valence-corrected chi connectivity index (χ3v) is 4.12. The van der Waals surface area contributed by atoms with Gasteiger partial charge in [-0.1, -0.05) is 47.9 Å². The maximum Gasteiger partial charge on any atom is 0.270 e. The van der Waals surface area contributed by atoms with Crippen LogP contribution in [0.5, 0.6) is 0 Å². The summed E-state index contributed by atoms with van der Waals surface area (Å²) < 4.78 is 5.31. The van der Waals surface area contributed by atoms with Crippen molar-refractivity contribution in [2.24, 2.45) is 0 Å². The van der Waals surface area contributed by atoms with Crippen LogP contribution in [0.25, 0.3) is 11.4 Å². The van der Waals surface area contributed by atoms with Crippen LogP contribution in [-0.4, -0.2) is 26.5 Å². The Bertz CT molecular complexity index is 913. The predicted molar refractivity (Wildman–Crippen MR) is 97.6 cm³/mol. The van der Waals surface area contributed by atoms with E-state index in [1.54, 1.807) is 12.1 Å². The van der Waals surface area contributed by atoms with E-state index in [1.165, 1.54) is 12.1 Å². The fourth-order valence-electron chi connectivity index (χ4n) is 2.56. The number of aromatic nitrogens is 2. The Hall–Kier alpha value is -2.77. The molecule has 0 aliphatic heterocycles. The quantitative estimate of drug-likeness (QED) is 0.453. The van der Waals surface area contributed by atoms with E-state index in [2.05, 4.69) is 15.0 Å². The Morgan fingerprint density at radius 3 is 2.73 bits per heavy atom. The molecule has 2 aromatic carbocycles. The SMILES string of the molecule is CCN(Cc1cccc(Cl)c1)Cc1nc(-c2cccc([N+](=O)[O-])c2)no1. The first-order valence-electron chi connectivity index (χ1n) is 8.09. The van der Waals surface area contributed by atoms with Crippen LogP contribution in [0.1, 0.15) is 18.4 Å². The molecule has 134 valence electrons. The van der Waals surface area contributed by atoms with Gasteiger partial charge in [0.2, 0.25) is 11.7 Å². The van der Waals surface area contributed by atoms with Crippen LogP contribution < -0.4 is 0 Å². The summed E-state index contributed by atoms with van der Waals surface area (Å²) in [4.78, 5) is 16.9. The van der Waals surface area contributed by atoms with Gasteiger partial charge in [-0.05, 0) is 24.2 Å². The van der Waals surface area contributed by atoms with Crippen LogP contribution in [0.3, 0.4) is 0 Å². The summed E-state index contributed by atoms with van der Waals surface area (Å²) >= 11 is 6.03. The second-order valence-corrected chi connectivity index (χ2v) is 6.19. The molecule has 0 saturated carbocycles. The largest absolute Gasteiger partial charge is 0.338 e. The van der Waals surface area contributed by atoms with Gasteiger partial charge in [0.05, 0.1) is 11.5 Å². The second kappa shape index (κ2) is 8.07. The Labute approximate surface area is 155 Å². The van der Waals surface area contributed by atoms with Crippen molar-refractivity contribution in [1.82, 2.24) is 15.0 Å². The van der Waals surface area contributed by atoms with Crippen molar-refractivity contribution in [3.8, 4) is 11.4 Å². The van der Waals surface area contributed by atoms with Gasteiger partial charge in [-0.2, -0.15) is 4.98 Å². The number of non-ortho nitro benzene ring substituents is 1. The lowest BCUT2D eigenvalue weighted by Crippen LogP contribution is -2.22. The first-order chi connectivity index (χ1) is 12.5. The molecule has 3 rings (SSSR count). The molecular formula is C18H17ClN4O3. The molecule has 0 bridgehead atoms. The van der Waals surface area contributed by atoms with Gasteiger partial charge >= 0.3 is 0 Å². The number of rotatable bonds is 7. The third-order valence-electron chi connectivity index (χ3n) is 3.88. The molecule has 0 aliphatic carbocycles. The van der Waals surface area contributed by atoms with Crippen LogP contribution in [-0.2, 0) is 13.1 Å². The number of nitrogens with zero attached hydrogens (tertiary/aromatic N) is 4.